The van der Waals surface area contributed by atoms with Crippen LogP contribution in [0.25, 0.3) is 6.08 Å². The normalized spacial score (nSPS) is 14.6. The van der Waals surface area contributed by atoms with Gasteiger partial charge in [0, 0.05) is 0 Å². The molecule has 1 aliphatic heterocycles. The number of thiazole rings is 1. The van der Waals surface area contributed by atoms with E-state index in [0.717, 1.165) is 16.7 Å². The van der Waals surface area contributed by atoms with Gasteiger partial charge in [-0.1, -0.05) is 41.7 Å². The molecule has 222 valence electrons. The lowest BCUT2D eigenvalue weighted by atomic mass is 9.96. The molecule has 3 aromatic carbocycles. The van der Waals surface area contributed by atoms with Crippen LogP contribution in [0, 0.1) is 5.82 Å². The second kappa shape index (κ2) is 13.1. The molecule has 1 aliphatic rings. The zero-order valence-corrected chi connectivity index (χ0v) is 25.1. The van der Waals surface area contributed by atoms with Crippen molar-refractivity contribution in [3.05, 3.63) is 120 Å². The molecule has 0 saturated heterocycles. The summed E-state index contributed by atoms with van der Waals surface area (Å²) in [6, 6.07) is 18.0. The second-order valence-electron chi connectivity index (χ2n) is 9.63. The first-order valence-electron chi connectivity index (χ1n) is 13.8. The first-order chi connectivity index (χ1) is 20.8. The Kier molecular flexibility index (Phi) is 9.06. The number of carbonyl (C=O) groups is 1. The van der Waals surface area contributed by atoms with Gasteiger partial charge in [0.25, 0.3) is 5.56 Å². The van der Waals surface area contributed by atoms with E-state index in [1.807, 2.05) is 25.1 Å². The molecule has 10 heteroatoms. The fourth-order valence-electron chi connectivity index (χ4n) is 4.79. The molecule has 0 unspecified atom stereocenters. The molecule has 43 heavy (non-hydrogen) atoms. The van der Waals surface area contributed by atoms with Crippen molar-refractivity contribution in [2.45, 2.75) is 33.4 Å². The average molecular weight is 603 g/mol. The van der Waals surface area contributed by atoms with Gasteiger partial charge in [-0.2, -0.15) is 0 Å². The highest BCUT2D eigenvalue weighted by Gasteiger charge is 2.33. The minimum Gasteiger partial charge on any atom is -0.497 e. The fraction of sp³-hybridized carbons (Fsp3) is 0.242. The lowest BCUT2D eigenvalue weighted by Crippen LogP contribution is -2.39. The molecule has 1 atom stereocenters. The highest BCUT2D eigenvalue weighted by Crippen LogP contribution is 2.32. The van der Waals surface area contributed by atoms with Gasteiger partial charge in [0.2, 0.25) is 0 Å². The van der Waals surface area contributed by atoms with Gasteiger partial charge in [-0.15, -0.1) is 0 Å². The van der Waals surface area contributed by atoms with Gasteiger partial charge in [-0.25, -0.2) is 14.2 Å². The SMILES string of the molecule is CCOC(=O)C1=C(C)N=c2s/c(=C/c3ccc(OCc4ccc(F)cc4)c(OCC)c3)c(=O)n2[C@H]1c1ccc(OC)cc1. The number of ether oxygens (including phenoxy) is 4. The number of aromatic nitrogens is 1. The van der Waals surface area contributed by atoms with E-state index < -0.39 is 12.0 Å². The number of nitrogens with zero attached hydrogens (tertiary/aromatic N) is 2. The molecular formula is C33H31FN2O6S. The molecular weight excluding hydrogens is 571 g/mol. The molecule has 0 spiro atoms. The first-order valence-corrected chi connectivity index (χ1v) is 14.6. The summed E-state index contributed by atoms with van der Waals surface area (Å²) >= 11 is 1.24. The molecule has 0 aliphatic carbocycles. The Labute approximate surface area is 252 Å². The van der Waals surface area contributed by atoms with E-state index in [2.05, 4.69) is 4.99 Å². The summed E-state index contributed by atoms with van der Waals surface area (Å²) in [5, 5.41) is 0. The van der Waals surface area contributed by atoms with Crippen LogP contribution in [0.3, 0.4) is 0 Å². The van der Waals surface area contributed by atoms with Crippen LogP contribution >= 0.6 is 11.3 Å². The molecule has 1 aromatic heterocycles. The lowest BCUT2D eigenvalue weighted by molar-refractivity contribution is -0.139. The smallest absolute Gasteiger partial charge is 0.338 e. The molecule has 0 amide bonds. The van der Waals surface area contributed by atoms with Crippen molar-refractivity contribution in [2.24, 2.45) is 4.99 Å². The number of methoxy groups -OCH3 is 1. The topological polar surface area (TPSA) is 88.4 Å². The number of carbonyl (C=O) groups excluding carboxylic acids is 1. The Hall–Kier alpha value is -4.70. The third kappa shape index (κ3) is 6.39. The van der Waals surface area contributed by atoms with Crippen molar-refractivity contribution >= 4 is 23.4 Å². The average Bonchev–Trinajstić information content (AvgIpc) is 3.31. The molecule has 0 N–H and O–H groups in total. The summed E-state index contributed by atoms with van der Waals surface area (Å²) in [5.41, 5.74) is 2.80. The van der Waals surface area contributed by atoms with E-state index in [4.69, 9.17) is 18.9 Å². The van der Waals surface area contributed by atoms with Gasteiger partial charge < -0.3 is 18.9 Å². The van der Waals surface area contributed by atoms with E-state index in [-0.39, 0.29) is 24.6 Å². The van der Waals surface area contributed by atoms with Gasteiger partial charge in [0.05, 0.1) is 42.2 Å². The Balaban J connectivity index is 1.54. The zero-order valence-electron chi connectivity index (χ0n) is 24.3. The summed E-state index contributed by atoms with van der Waals surface area (Å²) in [6.45, 7) is 6.21. The maximum atomic E-state index is 13.9. The Morgan fingerprint density at radius 2 is 1.74 bits per heavy atom. The van der Waals surface area contributed by atoms with E-state index in [9.17, 15) is 14.0 Å². The van der Waals surface area contributed by atoms with E-state index >= 15 is 0 Å². The molecule has 8 nitrogen and oxygen atoms in total. The van der Waals surface area contributed by atoms with Crippen molar-refractivity contribution in [3.63, 3.8) is 0 Å². The Morgan fingerprint density at radius 1 is 1.00 bits per heavy atom. The highest BCUT2D eigenvalue weighted by atomic mass is 32.1. The summed E-state index contributed by atoms with van der Waals surface area (Å²) < 4.78 is 37.7. The summed E-state index contributed by atoms with van der Waals surface area (Å²) in [6.07, 6.45) is 1.77. The van der Waals surface area contributed by atoms with Crippen molar-refractivity contribution < 1.29 is 28.1 Å². The minimum atomic E-state index is -0.718. The van der Waals surface area contributed by atoms with Crippen LogP contribution in [0.2, 0.25) is 0 Å². The number of rotatable bonds is 10. The van der Waals surface area contributed by atoms with Crippen LogP contribution in [-0.4, -0.2) is 30.9 Å². The third-order valence-electron chi connectivity index (χ3n) is 6.82. The predicted molar refractivity (Wildman–Crippen MR) is 162 cm³/mol. The lowest BCUT2D eigenvalue weighted by Gasteiger charge is -2.24. The second-order valence-corrected chi connectivity index (χ2v) is 10.6. The van der Waals surface area contributed by atoms with Gasteiger partial charge in [0.1, 0.15) is 18.2 Å². The van der Waals surface area contributed by atoms with Crippen molar-refractivity contribution in [2.75, 3.05) is 20.3 Å². The standard InChI is InChI=1S/C33H31FN2O6S/c1-5-40-27-17-22(9-16-26(27)42-19-21-7-12-24(34)13-8-21)18-28-31(37)36-30(23-10-14-25(39-4)15-11-23)29(32(38)41-6-2)20(3)35-33(36)43-28/h7-18,30H,5-6,19H2,1-4H3/b28-18+/t30-/m0/s1. The van der Waals surface area contributed by atoms with Crippen molar-refractivity contribution in [1.82, 2.24) is 4.57 Å². The molecule has 5 rings (SSSR count). The number of halogens is 1. The number of allylic oxidation sites excluding steroid dienone is 1. The summed E-state index contributed by atoms with van der Waals surface area (Å²) in [4.78, 5) is 32.1. The predicted octanol–water partition coefficient (Wildman–Crippen LogP) is 4.92. The van der Waals surface area contributed by atoms with Gasteiger partial charge >= 0.3 is 5.97 Å². The third-order valence-corrected chi connectivity index (χ3v) is 7.80. The quantitative estimate of drug-likeness (QED) is 0.240. The van der Waals surface area contributed by atoms with Gasteiger partial charge in [-0.3, -0.25) is 9.36 Å². The minimum absolute atomic E-state index is 0.196. The molecule has 4 aromatic rings. The zero-order chi connectivity index (χ0) is 30.5. The number of fused-ring (bicyclic) bond motifs is 1. The van der Waals surface area contributed by atoms with Crippen LogP contribution in [0.15, 0.2) is 87.8 Å². The molecule has 0 saturated carbocycles. The molecule has 0 radical (unpaired) electrons. The van der Waals surface area contributed by atoms with Gasteiger partial charge in [0.15, 0.2) is 16.3 Å². The van der Waals surface area contributed by atoms with Crippen molar-refractivity contribution in [3.8, 4) is 17.2 Å². The van der Waals surface area contributed by atoms with Gasteiger partial charge in [-0.05, 0) is 79.9 Å². The summed E-state index contributed by atoms with van der Waals surface area (Å²) in [7, 11) is 1.58. The van der Waals surface area contributed by atoms with Crippen LogP contribution in [-0.2, 0) is 16.1 Å². The van der Waals surface area contributed by atoms with Crippen LogP contribution in [0.1, 0.15) is 43.5 Å². The van der Waals surface area contributed by atoms with E-state index in [0.29, 0.717) is 44.5 Å². The maximum Gasteiger partial charge on any atom is 0.338 e. The molecule has 2 heterocycles. The highest BCUT2D eigenvalue weighted by molar-refractivity contribution is 7.07. The van der Waals surface area contributed by atoms with Crippen molar-refractivity contribution in [1.29, 1.82) is 0 Å². The van der Waals surface area contributed by atoms with E-state index in [1.165, 1.54) is 23.5 Å². The van der Waals surface area contributed by atoms with E-state index in [1.54, 1.807) is 68.0 Å². The molecule has 0 bridgehead atoms. The number of hydrogen-bond acceptors (Lipinski definition) is 8. The van der Waals surface area contributed by atoms with Crippen LogP contribution < -0.4 is 29.1 Å². The number of hydrogen-bond donors (Lipinski definition) is 0. The molecule has 0 fully saturated rings. The monoisotopic (exact) mass is 602 g/mol. The maximum absolute atomic E-state index is 13.9. The first kappa shape index (κ1) is 29.8. The largest absolute Gasteiger partial charge is 0.497 e. The fourth-order valence-corrected chi connectivity index (χ4v) is 5.83. The Bertz CT molecular complexity index is 1840. The van der Waals surface area contributed by atoms with Crippen LogP contribution in [0.4, 0.5) is 4.39 Å². The number of esters is 1. The van der Waals surface area contributed by atoms with Crippen LogP contribution in [0.5, 0.6) is 17.2 Å². The number of benzene rings is 3. The summed E-state index contributed by atoms with van der Waals surface area (Å²) in [5.74, 6) is 0.874. The Morgan fingerprint density at radius 3 is 2.42 bits per heavy atom.